The Bertz CT molecular complexity index is 489. The van der Waals surface area contributed by atoms with Crippen molar-refractivity contribution >= 4 is 12.2 Å². The van der Waals surface area contributed by atoms with Gasteiger partial charge in [0.25, 0.3) is 0 Å². The molecule has 0 saturated heterocycles. The number of carboxylic acids is 1. The van der Waals surface area contributed by atoms with Crippen LogP contribution in [0.2, 0.25) is 0 Å². The summed E-state index contributed by atoms with van der Waals surface area (Å²) in [4.78, 5) is 11.3. The maximum atomic E-state index is 11.3. The van der Waals surface area contributed by atoms with Crippen LogP contribution in [0.4, 0.5) is 0 Å². The standard InChI is InChI=1S/C21H35NO3/c1-5-7-17(8-6-2)14-25-16(4)12-18(9-10-22)20(13-21(23)24)19-11-15(19)3/h9-10,12,15,17,19-20,22H,5-8,11,13-14H2,1-4H3,(H,23,24)/b16-12+,18-9+,22-10?. The second-order valence-electron chi connectivity index (χ2n) is 7.42. The molecule has 2 N–H and O–H groups in total. The molecular formula is C21H35NO3. The third-order valence-electron chi connectivity index (χ3n) is 5.10. The topological polar surface area (TPSA) is 70.4 Å². The number of hydrogen-bond acceptors (Lipinski definition) is 3. The predicted octanol–water partition coefficient (Wildman–Crippen LogP) is 5.45. The van der Waals surface area contributed by atoms with E-state index in [1.165, 1.54) is 19.1 Å². The van der Waals surface area contributed by atoms with Crippen LogP contribution in [0.1, 0.15) is 66.2 Å². The number of allylic oxidation sites excluding steroid dienone is 4. The first kappa shape index (κ1) is 21.5. The maximum Gasteiger partial charge on any atom is 0.303 e. The van der Waals surface area contributed by atoms with Gasteiger partial charge in [0.1, 0.15) is 0 Å². The van der Waals surface area contributed by atoms with Gasteiger partial charge in [-0.05, 0) is 67.6 Å². The summed E-state index contributed by atoms with van der Waals surface area (Å²) in [5, 5.41) is 16.7. The number of carbonyl (C=O) groups is 1. The molecule has 0 heterocycles. The van der Waals surface area contributed by atoms with Crippen LogP contribution in [-0.2, 0) is 9.53 Å². The van der Waals surface area contributed by atoms with Crippen LogP contribution in [-0.4, -0.2) is 23.9 Å². The largest absolute Gasteiger partial charge is 0.498 e. The van der Waals surface area contributed by atoms with Crippen molar-refractivity contribution in [3.63, 3.8) is 0 Å². The Morgan fingerprint density at radius 3 is 2.36 bits per heavy atom. The smallest absolute Gasteiger partial charge is 0.303 e. The van der Waals surface area contributed by atoms with Crippen molar-refractivity contribution in [1.29, 1.82) is 5.41 Å². The van der Waals surface area contributed by atoms with E-state index in [-0.39, 0.29) is 12.3 Å². The van der Waals surface area contributed by atoms with E-state index in [1.54, 1.807) is 6.08 Å². The van der Waals surface area contributed by atoms with Crippen LogP contribution in [0.3, 0.4) is 0 Å². The van der Waals surface area contributed by atoms with E-state index < -0.39 is 5.97 Å². The van der Waals surface area contributed by atoms with Gasteiger partial charge in [0, 0.05) is 6.21 Å². The van der Waals surface area contributed by atoms with Gasteiger partial charge in [-0.25, -0.2) is 0 Å². The van der Waals surface area contributed by atoms with Crippen molar-refractivity contribution in [3.8, 4) is 0 Å². The third kappa shape index (κ3) is 7.89. The van der Waals surface area contributed by atoms with Gasteiger partial charge in [-0.1, -0.05) is 33.6 Å². The molecule has 1 saturated carbocycles. The molecule has 3 atom stereocenters. The molecule has 0 aliphatic heterocycles. The quantitative estimate of drug-likeness (QED) is 0.264. The first-order valence-corrected chi connectivity index (χ1v) is 9.66. The first-order chi connectivity index (χ1) is 11.9. The predicted molar refractivity (Wildman–Crippen MR) is 103 cm³/mol. The van der Waals surface area contributed by atoms with Crippen LogP contribution in [0.15, 0.2) is 23.5 Å². The van der Waals surface area contributed by atoms with E-state index in [0.29, 0.717) is 24.4 Å². The molecule has 0 radical (unpaired) electrons. The molecule has 4 nitrogen and oxygen atoms in total. The Morgan fingerprint density at radius 1 is 1.32 bits per heavy atom. The van der Waals surface area contributed by atoms with Gasteiger partial charge in [-0.3, -0.25) is 4.79 Å². The Morgan fingerprint density at radius 2 is 1.92 bits per heavy atom. The maximum absolute atomic E-state index is 11.3. The van der Waals surface area contributed by atoms with Gasteiger partial charge in [-0.2, -0.15) is 0 Å². The normalized spacial score (nSPS) is 22.0. The van der Waals surface area contributed by atoms with E-state index in [1.807, 2.05) is 13.0 Å². The fourth-order valence-electron chi connectivity index (χ4n) is 3.64. The molecule has 0 spiro atoms. The molecule has 0 aromatic heterocycles. The summed E-state index contributed by atoms with van der Waals surface area (Å²) in [6, 6.07) is 0. The lowest BCUT2D eigenvalue weighted by atomic mass is 9.89. The second-order valence-corrected chi connectivity index (χ2v) is 7.42. The summed E-state index contributed by atoms with van der Waals surface area (Å²) in [5.41, 5.74) is 0.909. The van der Waals surface area contributed by atoms with E-state index in [0.717, 1.165) is 30.6 Å². The molecule has 0 bridgehead atoms. The average Bonchev–Trinajstić information content (AvgIpc) is 3.27. The first-order valence-electron chi connectivity index (χ1n) is 9.66. The lowest BCUT2D eigenvalue weighted by Gasteiger charge is -2.19. The minimum absolute atomic E-state index is 0.0327. The molecule has 3 unspecified atom stereocenters. The third-order valence-corrected chi connectivity index (χ3v) is 5.10. The SMILES string of the molecule is CCCC(CCC)CO/C(C)=C/C(=C\C=N)C(CC(=O)O)C1CC1C. The van der Waals surface area contributed by atoms with Crippen molar-refractivity contribution in [1.82, 2.24) is 0 Å². The number of hydrogen-bond donors (Lipinski definition) is 2. The Balaban J connectivity index is 2.79. The number of rotatable bonds is 13. The van der Waals surface area contributed by atoms with E-state index in [2.05, 4.69) is 20.8 Å². The molecule has 25 heavy (non-hydrogen) atoms. The Labute approximate surface area is 152 Å². The molecule has 4 heteroatoms. The minimum atomic E-state index is -0.780. The van der Waals surface area contributed by atoms with Gasteiger partial charge in [0.05, 0.1) is 18.8 Å². The van der Waals surface area contributed by atoms with Gasteiger partial charge in [0.2, 0.25) is 0 Å². The number of aliphatic carboxylic acids is 1. The van der Waals surface area contributed by atoms with E-state index in [4.69, 9.17) is 10.1 Å². The lowest BCUT2D eigenvalue weighted by Crippen LogP contribution is -2.14. The van der Waals surface area contributed by atoms with Crippen molar-refractivity contribution in [2.45, 2.75) is 66.2 Å². The summed E-state index contributed by atoms with van der Waals surface area (Å²) in [5.74, 6) is 1.54. The Hall–Kier alpha value is -1.58. The van der Waals surface area contributed by atoms with Gasteiger partial charge >= 0.3 is 5.97 Å². The minimum Gasteiger partial charge on any atom is -0.498 e. The van der Waals surface area contributed by atoms with E-state index >= 15 is 0 Å². The van der Waals surface area contributed by atoms with Crippen LogP contribution >= 0.6 is 0 Å². The van der Waals surface area contributed by atoms with Gasteiger partial charge < -0.3 is 15.3 Å². The molecule has 0 aromatic rings. The summed E-state index contributed by atoms with van der Waals surface area (Å²) in [6.07, 6.45) is 10.8. The molecule has 0 amide bonds. The van der Waals surface area contributed by atoms with Crippen molar-refractivity contribution in [2.24, 2.45) is 23.7 Å². The number of ether oxygens (including phenoxy) is 1. The fraction of sp³-hybridized carbons (Fsp3) is 0.714. The average molecular weight is 350 g/mol. The van der Waals surface area contributed by atoms with Crippen LogP contribution < -0.4 is 0 Å². The van der Waals surface area contributed by atoms with Crippen LogP contribution in [0, 0.1) is 29.1 Å². The van der Waals surface area contributed by atoms with Crippen LogP contribution in [0.5, 0.6) is 0 Å². The monoisotopic (exact) mass is 349 g/mol. The highest BCUT2D eigenvalue weighted by Crippen LogP contribution is 2.48. The van der Waals surface area contributed by atoms with E-state index in [9.17, 15) is 9.90 Å². The second kappa shape index (κ2) is 11.1. The summed E-state index contributed by atoms with van der Waals surface area (Å²) >= 11 is 0. The van der Waals surface area contributed by atoms with Gasteiger partial charge in [0.15, 0.2) is 0 Å². The molecule has 142 valence electrons. The van der Waals surface area contributed by atoms with Crippen molar-refractivity contribution in [3.05, 3.63) is 23.5 Å². The fourth-order valence-corrected chi connectivity index (χ4v) is 3.64. The molecule has 0 aromatic carbocycles. The van der Waals surface area contributed by atoms with Crippen molar-refractivity contribution < 1.29 is 14.6 Å². The highest BCUT2D eigenvalue weighted by molar-refractivity contribution is 5.72. The highest BCUT2D eigenvalue weighted by Gasteiger charge is 2.41. The molecule has 1 aliphatic carbocycles. The zero-order valence-electron chi connectivity index (χ0n) is 16.3. The molecular weight excluding hydrogens is 314 g/mol. The summed E-state index contributed by atoms with van der Waals surface area (Å²) < 4.78 is 5.97. The summed E-state index contributed by atoms with van der Waals surface area (Å²) in [7, 11) is 0. The zero-order valence-corrected chi connectivity index (χ0v) is 16.3. The summed E-state index contributed by atoms with van der Waals surface area (Å²) in [6.45, 7) is 9.20. The highest BCUT2D eigenvalue weighted by atomic mass is 16.5. The molecule has 1 rings (SSSR count). The van der Waals surface area contributed by atoms with Gasteiger partial charge in [-0.15, -0.1) is 0 Å². The lowest BCUT2D eigenvalue weighted by molar-refractivity contribution is -0.138. The molecule has 1 fully saturated rings. The van der Waals surface area contributed by atoms with Crippen LogP contribution in [0.25, 0.3) is 0 Å². The Kier molecular flexibility index (Phi) is 9.54. The number of carboxylic acid groups (broad SMARTS) is 1. The van der Waals surface area contributed by atoms with Crippen molar-refractivity contribution in [2.75, 3.05) is 6.61 Å². The molecule has 1 aliphatic rings. The zero-order chi connectivity index (χ0) is 18.8. The number of nitrogens with one attached hydrogen (secondary N) is 1.